The van der Waals surface area contributed by atoms with E-state index in [2.05, 4.69) is 0 Å². The molecule has 1 saturated heterocycles. The van der Waals surface area contributed by atoms with Gasteiger partial charge in [0.1, 0.15) is 23.8 Å². The third-order valence-corrected chi connectivity index (χ3v) is 3.58. The van der Waals surface area contributed by atoms with Gasteiger partial charge < -0.3 is 19.9 Å². The van der Waals surface area contributed by atoms with Gasteiger partial charge in [0.05, 0.1) is 11.8 Å². The SMILES string of the molecule is CC1(C)O[C@H]2[C@H](Oc3cc(F)ccc3N)CC[C@H]2O1. The summed E-state index contributed by atoms with van der Waals surface area (Å²) in [6, 6.07) is 4.13. The summed E-state index contributed by atoms with van der Waals surface area (Å²) in [6.45, 7) is 3.78. The number of halogens is 1. The minimum Gasteiger partial charge on any atom is -0.485 e. The smallest absolute Gasteiger partial charge is 0.163 e. The lowest BCUT2D eigenvalue weighted by atomic mass is 10.2. The first-order valence-electron chi connectivity index (χ1n) is 6.52. The van der Waals surface area contributed by atoms with E-state index in [0.29, 0.717) is 11.4 Å². The van der Waals surface area contributed by atoms with Crippen LogP contribution in [-0.2, 0) is 9.47 Å². The van der Waals surface area contributed by atoms with Crippen molar-refractivity contribution in [1.29, 1.82) is 0 Å². The van der Waals surface area contributed by atoms with Crippen molar-refractivity contribution < 1.29 is 18.6 Å². The molecule has 5 heteroatoms. The standard InChI is InChI=1S/C14H18FNO3/c1-14(2)18-11-6-5-10(13(11)19-14)17-12-7-8(15)3-4-9(12)16/h3-4,7,10-11,13H,5-6,16H2,1-2H3/t10-,11-,13+/m1/s1. The van der Waals surface area contributed by atoms with Crippen LogP contribution in [0, 0.1) is 5.82 Å². The molecule has 0 aromatic heterocycles. The van der Waals surface area contributed by atoms with Crippen LogP contribution >= 0.6 is 0 Å². The van der Waals surface area contributed by atoms with Crippen molar-refractivity contribution >= 4 is 5.69 Å². The van der Waals surface area contributed by atoms with Gasteiger partial charge in [0.2, 0.25) is 0 Å². The molecule has 1 aliphatic carbocycles. The summed E-state index contributed by atoms with van der Waals surface area (Å²) in [5.41, 5.74) is 6.23. The second-order valence-electron chi connectivity index (χ2n) is 5.55. The largest absolute Gasteiger partial charge is 0.485 e. The first-order valence-corrected chi connectivity index (χ1v) is 6.52. The normalized spacial score (nSPS) is 32.3. The van der Waals surface area contributed by atoms with Crippen LogP contribution < -0.4 is 10.5 Å². The van der Waals surface area contributed by atoms with Gasteiger partial charge >= 0.3 is 0 Å². The first kappa shape index (κ1) is 12.7. The predicted octanol–water partition coefficient (Wildman–Crippen LogP) is 2.47. The zero-order valence-corrected chi connectivity index (χ0v) is 11.1. The number of ether oxygens (including phenoxy) is 3. The Bertz CT molecular complexity index is 492. The zero-order chi connectivity index (χ0) is 13.6. The van der Waals surface area contributed by atoms with Crippen LogP contribution in [0.25, 0.3) is 0 Å². The number of nitrogen functional groups attached to an aromatic ring is 1. The van der Waals surface area contributed by atoms with Gasteiger partial charge in [-0.3, -0.25) is 0 Å². The maximum atomic E-state index is 13.2. The molecule has 2 aliphatic rings. The highest BCUT2D eigenvalue weighted by molar-refractivity contribution is 5.52. The van der Waals surface area contributed by atoms with Gasteiger partial charge in [-0.15, -0.1) is 0 Å². The Balaban J connectivity index is 1.76. The highest BCUT2D eigenvalue weighted by atomic mass is 19.1. The number of anilines is 1. The number of nitrogens with two attached hydrogens (primary N) is 1. The maximum Gasteiger partial charge on any atom is 0.163 e. The molecule has 1 aliphatic heterocycles. The number of benzene rings is 1. The molecular formula is C14H18FNO3. The predicted molar refractivity (Wildman–Crippen MR) is 68.3 cm³/mol. The zero-order valence-electron chi connectivity index (χ0n) is 11.1. The van der Waals surface area contributed by atoms with Crippen LogP contribution in [0.15, 0.2) is 18.2 Å². The van der Waals surface area contributed by atoms with E-state index < -0.39 is 5.79 Å². The van der Waals surface area contributed by atoms with Crippen molar-refractivity contribution in [2.75, 3.05) is 5.73 Å². The minimum absolute atomic E-state index is 0.0507. The fourth-order valence-electron chi connectivity index (χ4n) is 2.79. The highest BCUT2D eigenvalue weighted by Gasteiger charge is 2.50. The maximum absolute atomic E-state index is 13.2. The average molecular weight is 267 g/mol. The molecule has 0 unspecified atom stereocenters. The summed E-state index contributed by atoms with van der Waals surface area (Å²) in [5.74, 6) is -0.563. The van der Waals surface area contributed by atoms with E-state index in [1.54, 1.807) is 0 Å². The van der Waals surface area contributed by atoms with E-state index in [1.165, 1.54) is 18.2 Å². The van der Waals surface area contributed by atoms with Crippen LogP contribution in [-0.4, -0.2) is 24.1 Å². The Morgan fingerprint density at radius 3 is 2.89 bits per heavy atom. The van der Waals surface area contributed by atoms with Crippen molar-refractivity contribution in [3.05, 3.63) is 24.0 Å². The third kappa shape index (κ3) is 2.40. The summed E-state index contributed by atoms with van der Waals surface area (Å²) in [5, 5.41) is 0. The van der Waals surface area contributed by atoms with Gasteiger partial charge in [-0.1, -0.05) is 0 Å². The van der Waals surface area contributed by atoms with Crippen LogP contribution in [0.2, 0.25) is 0 Å². The number of hydrogen-bond acceptors (Lipinski definition) is 4. The minimum atomic E-state index is -0.579. The van der Waals surface area contributed by atoms with Crippen LogP contribution in [0.4, 0.5) is 10.1 Å². The van der Waals surface area contributed by atoms with Gasteiger partial charge in [0.25, 0.3) is 0 Å². The van der Waals surface area contributed by atoms with Gasteiger partial charge in [0.15, 0.2) is 5.79 Å². The molecule has 3 rings (SSSR count). The average Bonchev–Trinajstić information content (AvgIpc) is 2.80. The molecule has 2 N–H and O–H groups in total. The molecule has 19 heavy (non-hydrogen) atoms. The topological polar surface area (TPSA) is 53.7 Å². The summed E-state index contributed by atoms with van der Waals surface area (Å²) in [7, 11) is 0. The van der Waals surface area contributed by atoms with Crippen LogP contribution in [0.5, 0.6) is 5.75 Å². The lowest BCUT2D eigenvalue weighted by molar-refractivity contribution is -0.159. The Kier molecular flexibility index (Phi) is 2.91. The van der Waals surface area contributed by atoms with Crippen molar-refractivity contribution in [1.82, 2.24) is 0 Å². The lowest BCUT2D eigenvalue weighted by Gasteiger charge is -2.23. The van der Waals surface area contributed by atoms with E-state index in [9.17, 15) is 4.39 Å². The molecule has 1 aromatic rings. The van der Waals surface area contributed by atoms with Gasteiger partial charge in [0, 0.05) is 6.07 Å². The molecule has 0 bridgehead atoms. The van der Waals surface area contributed by atoms with Crippen molar-refractivity contribution in [3.8, 4) is 5.75 Å². The monoisotopic (exact) mass is 267 g/mol. The van der Waals surface area contributed by atoms with E-state index >= 15 is 0 Å². The van der Waals surface area contributed by atoms with Gasteiger partial charge in [-0.2, -0.15) is 0 Å². The molecule has 104 valence electrons. The van der Waals surface area contributed by atoms with E-state index in [1.807, 2.05) is 13.8 Å². The Morgan fingerprint density at radius 2 is 2.11 bits per heavy atom. The second kappa shape index (κ2) is 4.35. The van der Waals surface area contributed by atoms with E-state index in [0.717, 1.165) is 12.8 Å². The van der Waals surface area contributed by atoms with E-state index in [-0.39, 0.29) is 24.1 Å². The Hall–Kier alpha value is -1.33. The molecule has 4 nitrogen and oxygen atoms in total. The lowest BCUT2D eigenvalue weighted by Crippen LogP contribution is -2.33. The van der Waals surface area contributed by atoms with Gasteiger partial charge in [-0.05, 0) is 38.8 Å². The highest BCUT2D eigenvalue weighted by Crippen LogP contribution is 2.40. The van der Waals surface area contributed by atoms with E-state index in [4.69, 9.17) is 19.9 Å². The molecule has 0 spiro atoms. The number of fused-ring (bicyclic) bond motifs is 1. The summed E-state index contributed by atoms with van der Waals surface area (Å²) >= 11 is 0. The summed E-state index contributed by atoms with van der Waals surface area (Å²) in [6.07, 6.45) is 1.50. The Morgan fingerprint density at radius 1 is 1.32 bits per heavy atom. The van der Waals surface area contributed by atoms with Crippen LogP contribution in [0.3, 0.4) is 0 Å². The molecular weight excluding hydrogens is 249 g/mol. The quantitative estimate of drug-likeness (QED) is 0.836. The summed E-state index contributed by atoms with van der Waals surface area (Å²) in [4.78, 5) is 0. The molecule has 1 saturated carbocycles. The number of hydrogen-bond donors (Lipinski definition) is 1. The number of rotatable bonds is 2. The van der Waals surface area contributed by atoms with Crippen molar-refractivity contribution in [2.45, 2.75) is 50.8 Å². The molecule has 2 fully saturated rings. The fourth-order valence-corrected chi connectivity index (χ4v) is 2.79. The fraction of sp³-hybridized carbons (Fsp3) is 0.571. The summed E-state index contributed by atoms with van der Waals surface area (Å²) < 4.78 is 30.7. The van der Waals surface area contributed by atoms with Gasteiger partial charge in [-0.25, -0.2) is 4.39 Å². The molecule has 0 amide bonds. The van der Waals surface area contributed by atoms with Crippen molar-refractivity contribution in [3.63, 3.8) is 0 Å². The molecule has 1 aromatic carbocycles. The van der Waals surface area contributed by atoms with Crippen molar-refractivity contribution in [2.24, 2.45) is 0 Å². The van der Waals surface area contributed by atoms with Crippen LogP contribution in [0.1, 0.15) is 26.7 Å². The molecule has 3 atom stereocenters. The second-order valence-corrected chi connectivity index (χ2v) is 5.55. The third-order valence-electron chi connectivity index (χ3n) is 3.58. The molecule has 1 heterocycles. The Labute approximate surface area is 111 Å². The molecule has 0 radical (unpaired) electrons. The first-order chi connectivity index (χ1) is 8.94.